The Labute approximate surface area is 158 Å². The number of rotatable bonds is 7. The number of nitro groups is 1. The number of nitrogens with one attached hydrogen (secondary N) is 2. The SMILES string of the molecule is N#CCC(=O)Nc1ccc(C(=O)OCC(=O)Nc2ccccc2[N+](=O)[O-])cc1. The van der Waals surface area contributed by atoms with Crippen LogP contribution in [0, 0.1) is 21.4 Å². The molecule has 0 aliphatic heterocycles. The van der Waals surface area contributed by atoms with Crippen molar-refractivity contribution in [3.8, 4) is 6.07 Å². The molecule has 2 amide bonds. The molecule has 0 unspecified atom stereocenters. The highest BCUT2D eigenvalue weighted by Gasteiger charge is 2.16. The van der Waals surface area contributed by atoms with E-state index >= 15 is 0 Å². The van der Waals surface area contributed by atoms with Crippen molar-refractivity contribution >= 4 is 34.8 Å². The Balaban J connectivity index is 1.90. The van der Waals surface area contributed by atoms with Gasteiger partial charge in [0.15, 0.2) is 6.61 Å². The minimum Gasteiger partial charge on any atom is -0.452 e. The molecule has 0 atom stereocenters. The van der Waals surface area contributed by atoms with Gasteiger partial charge in [-0.3, -0.25) is 19.7 Å². The van der Waals surface area contributed by atoms with Crippen LogP contribution >= 0.6 is 0 Å². The summed E-state index contributed by atoms with van der Waals surface area (Å²) < 4.78 is 4.87. The van der Waals surface area contributed by atoms with Crippen molar-refractivity contribution in [3.05, 3.63) is 64.2 Å². The average molecular weight is 382 g/mol. The first kappa shape index (κ1) is 20.1. The third kappa shape index (κ3) is 5.63. The van der Waals surface area contributed by atoms with Crippen LogP contribution in [0.15, 0.2) is 48.5 Å². The molecule has 2 aromatic carbocycles. The normalized spacial score (nSPS) is 9.68. The summed E-state index contributed by atoms with van der Waals surface area (Å²) in [5, 5.41) is 24.1. The van der Waals surface area contributed by atoms with E-state index in [4.69, 9.17) is 10.00 Å². The van der Waals surface area contributed by atoms with Crippen LogP contribution in [0.5, 0.6) is 0 Å². The second-order valence-electron chi connectivity index (χ2n) is 5.36. The second kappa shape index (κ2) is 9.44. The van der Waals surface area contributed by atoms with Gasteiger partial charge >= 0.3 is 5.97 Å². The van der Waals surface area contributed by atoms with Gasteiger partial charge in [0.05, 0.1) is 16.6 Å². The fourth-order valence-corrected chi connectivity index (χ4v) is 2.11. The van der Waals surface area contributed by atoms with E-state index in [1.54, 1.807) is 6.07 Å². The van der Waals surface area contributed by atoms with Crippen molar-refractivity contribution in [2.24, 2.45) is 0 Å². The maximum Gasteiger partial charge on any atom is 0.338 e. The first-order chi connectivity index (χ1) is 13.4. The molecule has 0 spiro atoms. The molecule has 0 radical (unpaired) electrons. The summed E-state index contributed by atoms with van der Waals surface area (Å²) in [6.07, 6.45) is -0.293. The maximum atomic E-state index is 12.0. The molecule has 10 heteroatoms. The second-order valence-corrected chi connectivity index (χ2v) is 5.36. The lowest BCUT2D eigenvalue weighted by molar-refractivity contribution is -0.383. The lowest BCUT2D eigenvalue weighted by Crippen LogP contribution is -2.21. The van der Waals surface area contributed by atoms with Gasteiger partial charge in [-0.15, -0.1) is 0 Å². The third-order valence-corrected chi connectivity index (χ3v) is 3.35. The molecule has 0 heterocycles. The van der Waals surface area contributed by atoms with Crippen LogP contribution in [0.25, 0.3) is 0 Å². The minimum atomic E-state index is -0.785. The Morgan fingerprint density at radius 3 is 2.36 bits per heavy atom. The van der Waals surface area contributed by atoms with Crippen LogP contribution in [0.4, 0.5) is 17.1 Å². The zero-order valence-electron chi connectivity index (χ0n) is 14.4. The molecule has 0 saturated heterocycles. The molecule has 2 rings (SSSR count). The molecular formula is C18H14N4O6. The molecule has 142 valence electrons. The predicted molar refractivity (Wildman–Crippen MR) is 97.3 cm³/mol. The van der Waals surface area contributed by atoms with E-state index in [1.807, 2.05) is 0 Å². The summed E-state index contributed by atoms with van der Waals surface area (Å²) in [6.45, 7) is -0.633. The van der Waals surface area contributed by atoms with E-state index in [0.717, 1.165) is 0 Å². The molecule has 28 heavy (non-hydrogen) atoms. The van der Waals surface area contributed by atoms with E-state index in [-0.39, 0.29) is 23.4 Å². The van der Waals surface area contributed by atoms with Gasteiger partial charge in [-0.2, -0.15) is 5.26 Å². The van der Waals surface area contributed by atoms with Gasteiger partial charge in [-0.05, 0) is 30.3 Å². The number of amides is 2. The highest BCUT2D eigenvalue weighted by atomic mass is 16.6. The molecule has 2 aromatic rings. The Morgan fingerprint density at radius 2 is 1.71 bits per heavy atom. The fraction of sp³-hybridized carbons (Fsp3) is 0.111. The van der Waals surface area contributed by atoms with Gasteiger partial charge in [0.2, 0.25) is 5.91 Å². The number of esters is 1. The monoisotopic (exact) mass is 382 g/mol. The summed E-state index contributed by atoms with van der Waals surface area (Å²) in [6, 6.07) is 12.9. The number of carbonyl (C=O) groups is 3. The van der Waals surface area contributed by atoms with Gasteiger partial charge in [0, 0.05) is 11.8 Å². The zero-order valence-corrected chi connectivity index (χ0v) is 14.4. The summed E-state index contributed by atoms with van der Waals surface area (Å²) in [7, 11) is 0. The van der Waals surface area contributed by atoms with Gasteiger partial charge < -0.3 is 15.4 Å². The van der Waals surface area contributed by atoms with Gasteiger partial charge in [-0.1, -0.05) is 12.1 Å². The van der Waals surface area contributed by atoms with Crippen molar-refractivity contribution in [1.82, 2.24) is 0 Å². The Kier molecular flexibility index (Phi) is 6.76. The van der Waals surface area contributed by atoms with Crippen LogP contribution in [-0.4, -0.2) is 29.3 Å². The minimum absolute atomic E-state index is 0.00832. The van der Waals surface area contributed by atoms with Crippen molar-refractivity contribution < 1.29 is 24.0 Å². The summed E-state index contributed by atoms with van der Waals surface area (Å²) in [5.74, 6) is -2.00. The number of carbonyl (C=O) groups excluding carboxylic acids is 3. The molecule has 0 bridgehead atoms. The number of para-hydroxylation sites is 2. The van der Waals surface area contributed by atoms with E-state index in [1.165, 1.54) is 48.5 Å². The molecular weight excluding hydrogens is 368 g/mol. The number of ether oxygens (including phenoxy) is 1. The first-order valence-electron chi connectivity index (χ1n) is 7.88. The number of nitriles is 1. The van der Waals surface area contributed by atoms with Crippen LogP contribution in [0.3, 0.4) is 0 Å². The smallest absolute Gasteiger partial charge is 0.338 e. The number of nitrogens with zero attached hydrogens (tertiary/aromatic N) is 2. The van der Waals surface area contributed by atoms with Crippen molar-refractivity contribution in [1.29, 1.82) is 5.26 Å². The zero-order chi connectivity index (χ0) is 20.5. The van der Waals surface area contributed by atoms with Crippen LogP contribution in [-0.2, 0) is 14.3 Å². The highest BCUT2D eigenvalue weighted by molar-refractivity contribution is 5.97. The maximum absolute atomic E-state index is 12.0. The molecule has 0 saturated carbocycles. The van der Waals surface area contributed by atoms with Crippen molar-refractivity contribution in [2.75, 3.05) is 17.2 Å². The quantitative estimate of drug-likeness (QED) is 0.423. The van der Waals surface area contributed by atoms with Crippen LogP contribution < -0.4 is 10.6 Å². The van der Waals surface area contributed by atoms with Gasteiger partial charge in [0.25, 0.3) is 11.6 Å². The predicted octanol–water partition coefficient (Wildman–Crippen LogP) is 2.24. The molecule has 0 aromatic heterocycles. The van der Waals surface area contributed by atoms with E-state index in [0.29, 0.717) is 5.69 Å². The largest absolute Gasteiger partial charge is 0.452 e. The number of benzene rings is 2. The average Bonchev–Trinajstić information content (AvgIpc) is 2.67. The fourth-order valence-electron chi connectivity index (χ4n) is 2.11. The Bertz CT molecular complexity index is 949. The standard InChI is InChI=1S/C18H14N4O6/c19-10-9-16(23)20-13-7-5-12(6-8-13)18(25)28-11-17(24)21-14-3-1-2-4-15(14)22(26)27/h1-8H,9,11H2,(H,20,23)(H,21,24). The lowest BCUT2D eigenvalue weighted by Gasteiger charge is -2.08. The third-order valence-electron chi connectivity index (χ3n) is 3.35. The Morgan fingerprint density at radius 1 is 1.04 bits per heavy atom. The van der Waals surface area contributed by atoms with Crippen molar-refractivity contribution in [2.45, 2.75) is 6.42 Å². The van der Waals surface area contributed by atoms with E-state index < -0.39 is 29.3 Å². The lowest BCUT2D eigenvalue weighted by atomic mass is 10.2. The number of nitro benzene ring substituents is 1. The highest BCUT2D eigenvalue weighted by Crippen LogP contribution is 2.23. The molecule has 2 N–H and O–H groups in total. The number of hydrogen-bond donors (Lipinski definition) is 2. The molecule has 10 nitrogen and oxygen atoms in total. The van der Waals surface area contributed by atoms with Crippen LogP contribution in [0.1, 0.15) is 16.8 Å². The van der Waals surface area contributed by atoms with E-state index in [2.05, 4.69) is 10.6 Å². The van der Waals surface area contributed by atoms with Crippen molar-refractivity contribution in [3.63, 3.8) is 0 Å². The van der Waals surface area contributed by atoms with Gasteiger partial charge in [-0.25, -0.2) is 4.79 Å². The Hall–Kier alpha value is -4.26. The van der Waals surface area contributed by atoms with Gasteiger partial charge in [0.1, 0.15) is 12.1 Å². The van der Waals surface area contributed by atoms with Crippen LogP contribution in [0.2, 0.25) is 0 Å². The van der Waals surface area contributed by atoms with E-state index in [9.17, 15) is 24.5 Å². The molecule has 0 aliphatic rings. The molecule has 0 fully saturated rings. The number of hydrogen-bond acceptors (Lipinski definition) is 7. The topological polar surface area (TPSA) is 151 Å². The summed E-state index contributed by atoms with van der Waals surface area (Å²) in [4.78, 5) is 45.4. The summed E-state index contributed by atoms with van der Waals surface area (Å²) >= 11 is 0. The first-order valence-corrected chi connectivity index (χ1v) is 7.88. The number of anilines is 2. The molecule has 0 aliphatic carbocycles. The summed E-state index contributed by atoms with van der Waals surface area (Å²) in [5.41, 5.74) is 0.241.